The van der Waals surface area contributed by atoms with Gasteiger partial charge < -0.3 is 10.4 Å². The number of carbonyl (C=O) groups excluding carboxylic acids is 1. The van der Waals surface area contributed by atoms with Gasteiger partial charge in [-0.1, -0.05) is 44.2 Å². The van der Waals surface area contributed by atoms with E-state index in [1.807, 2.05) is 18.2 Å². The van der Waals surface area contributed by atoms with Crippen LogP contribution in [-0.2, 0) is 0 Å². The first-order chi connectivity index (χ1) is 10.0. The zero-order chi connectivity index (χ0) is 15.3. The third kappa shape index (κ3) is 4.34. The topological polar surface area (TPSA) is 49.3 Å². The molecule has 1 aliphatic rings. The molecule has 0 aliphatic heterocycles. The monoisotopic (exact) mass is 285 g/mol. The largest absolute Gasteiger partial charge is 0.384 e. The SMILES string of the molecule is CC1(C)CCCC(NC(=O)c2ccccc2C#CCO)C1. The second kappa shape index (κ2) is 6.78. The van der Waals surface area contributed by atoms with Gasteiger partial charge in [0.2, 0.25) is 0 Å². The van der Waals surface area contributed by atoms with E-state index in [0.717, 1.165) is 19.3 Å². The number of hydrogen-bond acceptors (Lipinski definition) is 2. The standard InChI is InChI=1S/C18H23NO2/c1-18(2)11-5-9-15(13-18)19-17(21)16-10-4-3-7-14(16)8-6-12-20/h3-4,7,10,15,20H,5,9,11-13H2,1-2H3,(H,19,21). The Morgan fingerprint density at radius 3 is 2.90 bits per heavy atom. The Morgan fingerprint density at radius 2 is 2.19 bits per heavy atom. The molecule has 1 aromatic carbocycles. The molecule has 0 aromatic heterocycles. The highest BCUT2D eigenvalue weighted by molar-refractivity contribution is 5.96. The van der Waals surface area contributed by atoms with Crippen molar-refractivity contribution < 1.29 is 9.90 Å². The summed E-state index contributed by atoms with van der Waals surface area (Å²) in [4.78, 5) is 12.5. The lowest BCUT2D eigenvalue weighted by Crippen LogP contribution is -2.40. The van der Waals surface area contributed by atoms with Gasteiger partial charge in [0, 0.05) is 11.6 Å². The Hall–Kier alpha value is -1.79. The number of nitrogens with one attached hydrogen (secondary N) is 1. The molecule has 1 unspecified atom stereocenters. The van der Waals surface area contributed by atoms with Crippen LogP contribution in [0, 0.1) is 17.3 Å². The molecule has 1 amide bonds. The van der Waals surface area contributed by atoms with Gasteiger partial charge in [0.15, 0.2) is 0 Å². The van der Waals surface area contributed by atoms with Crippen LogP contribution >= 0.6 is 0 Å². The van der Waals surface area contributed by atoms with Gasteiger partial charge >= 0.3 is 0 Å². The first-order valence-electron chi connectivity index (χ1n) is 7.51. The average Bonchev–Trinajstić information content (AvgIpc) is 2.44. The van der Waals surface area contributed by atoms with Gasteiger partial charge in [-0.15, -0.1) is 0 Å². The molecule has 112 valence electrons. The molecule has 2 N–H and O–H groups in total. The van der Waals surface area contributed by atoms with Crippen LogP contribution in [0.25, 0.3) is 0 Å². The van der Waals surface area contributed by atoms with Gasteiger partial charge in [0.1, 0.15) is 6.61 Å². The summed E-state index contributed by atoms with van der Waals surface area (Å²) in [5, 5.41) is 11.9. The highest BCUT2D eigenvalue weighted by atomic mass is 16.2. The maximum absolute atomic E-state index is 12.5. The quantitative estimate of drug-likeness (QED) is 0.821. The highest BCUT2D eigenvalue weighted by Gasteiger charge is 2.29. The molecule has 3 nitrogen and oxygen atoms in total. The van der Waals surface area contributed by atoms with Crippen LogP contribution in [0.4, 0.5) is 0 Å². The van der Waals surface area contributed by atoms with Crippen LogP contribution < -0.4 is 5.32 Å². The van der Waals surface area contributed by atoms with Gasteiger partial charge in [-0.05, 0) is 36.8 Å². The summed E-state index contributed by atoms with van der Waals surface area (Å²) in [5.74, 6) is 5.37. The molecule has 0 bridgehead atoms. The molecule has 0 heterocycles. The lowest BCUT2D eigenvalue weighted by molar-refractivity contribution is 0.0902. The number of benzene rings is 1. The molecule has 1 fully saturated rings. The van der Waals surface area contributed by atoms with Gasteiger partial charge in [0.25, 0.3) is 5.91 Å². The lowest BCUT2D eigenvalue weighted by Gasteiger charge is -2.35. The summed E-state index contributed by atoms with van der Waals surface area (Å²) < 4.78 is 0. The minimum absolute atomic E-state index is 0.0689. The summed E-state index contributed by atoms with van der Waals surface area (Å²) >= 11 is 0. The van der Waals surface area contributed by atoms with Crippen LogP contribution in [-0.4, -0.2) is 23.7 Å². The van der Waals surface area contributed by atoms with E-state index in [-0.39, 0.29) is 18.6 Å². The Labute approximate surface area is 126 Å². The normalized spacial score (nSPS) is 20.2. The number of amides is 1. The molecule has 0 saturated heterocycles. The van der Waals surface area contributed by atoms with Crippen LogP contribution in [0.15, 0.2) is 24.3 Å². The van der Waals surface area contributed by atoms with Crippen molar-refractivity contribution in [2.75, 3.05) is 6.61 Å². The Kier molecular flexibility index (Phi) is 5.03. The zero-order valence-corrected chi connectivity index (χ0v) is 12.8. The van der Waals surface area contributed by atoms with Crippen LogP contribution in [0.3, 0.4) is 0 Å². The first-order valence-corrected chi connectivity index (χ1v) is 7.51. The maximum Gasteiger partial charge on any atom is 0.252 e. The van der Waals surface area contributed by atoms with E-state index in [0.29, 0.717) is 16.5 Å². The van der Waals surface area contributed by atoms with Crippen molar-refractivity contribution in [2.24, 2.45) is 5.41 Å². The number of carbonyl (C=O) groups is 1. The molecular formula is C18H23NO2. The second-order valence-electron chi connectivity index (χ2n) is 6.44. The van der Waals surface area contributed by atoms with E-state index in [1.54, 1.807) is 6.07 Å². The fourth-order valence-corrected chi connectivity index (χ4v) is 3.01. The average molecular weight is 285 g/mol. The molecule has 1 aromatic rings. The van der Waals surface area contributed by atoms with Gasteiger partial charge in [-0.3, -0.25) is 4.79 Å². The highest BCUT2D eigenvalue weighted by Crippen LogP contribution is 2.35. The summed E-state index contributed by atoms with van der Waals surface area (Å²) in [6.45, 7) is 4.31. The Morgan fingerprint density at radius 1 is 1.43 bits per heavy atom. The van der Waals surface area contributed by atoms with E-state index >= 15 is 0 Å². The fourth-order valence-electron chi connectivity index (χ4n) is 3.01. The number of aliphatic hydroxyl groups excluding tert-OH is 1. The van der Waals surface area contributed by atoms with Crippen molar-refractivity contribution in [2.45, 2.75) is 45.6 Å². The van der Waals surface area contributed by atoms with E-state index < -0.39 is 0 Å². The first kappa shape index (κ1) is 15.6. The van der Waals surface area contributed by atoms with Gasteiger partial charge in [-0.25, -0.2) is 0 Å². The lowest BCUT2D eigenvalue weighted by atomic mass is 9.75. The third-order valence-corrected chi connectivity index (χ3v) is 4.01. The van der Waals surface area contributed by atoms with Crippen LogP contribution in [0.2, 0.25) is 0 Å². The smallest absolute Gasteiger partial charge is 0.252 e. The van der Waals surface area contributed by atoms with Crippen LogP contribution in [0.1, 0.15) is 55.5 Å². The van der Waals surface area contributed by atoms with E-state index in [9.17, 15) is 4.79 Å². The molecule has 2 rings (SSSR count). The van der Waals surface area contributed by atoms with Gasteiger partial charge in [-0.2, -0.15) is 0 Å². The van der Waals surface area contributed by atoms with Gasteiger partial charge in [0.05, 0.1) is 5.56 Å². The summed E-state index contributed by atoms with van der Waals surface area (Å²) in [5.41, 5.74) is 1.55. The Bertz CT molecular complexity index is 566. The van der Waals surface area contributed by atoms with Crippen molar-refractivity contribution in [1.82, 2.24) is 5.32 Å². The molecule has 1 atom stereocenters. The molecule has 3 heteroatoms. The summed E-state index contributed by atoms with van der Waals surface area (Å²) in [6, 6.07) is 7.51. The van der Waals surface area contributed by atoms with Crippen molar-refractivity contribution in [3.05, 3.63) is 35.4 Å². The van der Waals surface area contributed by atoms with Crippen molar-refractivity contribution in [3.63, 3.8) is 0 Å². The zero-order valence-electron chi connectivity index (χ0n) is 12.8. The molecule has 21 heavy (non-hydrogen) atoms. The predicted molar refractivity (Wildman–Crippen MR) is 83.9 cm³/mol. The minimum Gasteiger partial charge on any atom is -0.384 e. The summed E-state index contributed by atoms with van der Waals surface area (Å²) in [6.07, 6.45) is 4.44. The molecule has 1 aliphatic carbocycles. The molecule has 0 radical (unpaired) electrons. The second-order valence-corrected chi connectivity index (χ2v) is 6.44. The predicted octanol–water partition coefficient (Wildman–Crippen LogP) is 2.73. The van der Waals surface area contributed by atoms with E-state index in [4.69, 9.17) is 5.11 Å². The molecule has 1 saturated carbocycles. The van der Waals surface area contributed by atoms with Crippen molar-refractivity contribution in [3.8, 4) is 11.8 Å². The van der Waals surface area contributed by atoms with E-state index in [1.165, 1.54) is 6.42 Å². The maximum atomic E-state index is 12.5. The number of rotatable bonds is 2. The number of aliphatic hydroxyl groups is 1. The third-order valence-electron chi connectivity index (χ3n) is 4.01. The van der Waals surface area contributed by atoms with Crippen LogP contribution in [0.5, 0.6) is 0 Å². The van der Waals surface area contributed by atoms with Crippen molar-refractivity contribution in [1.29, 1.82) is 0 Å². The van der Waals surface area contributed by atoms with Crippen molar-refractivity contribution >= 4 is 5.91 Å². The summed E-state index contributed by atoms with van der Waals surface area (Å²) in [7, 11) is 0. The Balaban J connectivity index is 2.10. The molecule has 0 spiro atoms. The van der Waals surface area contributed by atoms with E-state index in [2.05, 4.69) is 31.0 Å². The molecular weight excluding hydrogens is 262 g/mol. The number of hydrogen-bond donors (Lipinski definition) is 2. The fraction of sp³-hybridized carbons (Fsp3) is 0.500. The minimum atomic E-state index is -0.202.